The fraction of sp³-hybridized carbons (Fsp3) is 0.400. The maximum Gasteiger partial charge on any atom is 0.152 e. The second-order valence-electron chi connectivity index (χ2n) is 8.94. The fourth-order valence-corrected chi connectivity index (χ4v) is 5.06. The number of ether oxygens (including phenoxy) is 2. The summed E-state index contributed by atoms with van der Waals surface area (Å²) in [6.07, 6.45) is 5.27. The molecule has 3 aromatic heterocycles. The van der Waals surface area contributed by atoms with Crippen LogP contribution in [0.3, 0.4) is 0 Å². The molecule has 5 heterocycles. The third-order valence-electron chi connectivity index (χ3n) is 6.80. The van der Waals surface area contributed by atoms with Crippen LogP contribution >= 0.6 is 0 Å². The van der Waals surface area contributed by atoms with Gasteiger partial charge in [0, 0.05) is 50.2 Å². The molecule has 2 aliphatic rings. The van der Waals surface area contributed by atoms with Crippen LogP contribution < -0.4 is 5.73 Å². The molecule has 176 valence electrons. The van der Waals surface area contributed by atoms with Gasteiger partial charge in [-0.05, 0) is 36.6 Å². The summed E-state index contributed by atoms with van der Waals surface area (Å²) in [5.74, 6) is 0.459. The Balaban J connectivity index is 1.42. The molecule has 0 atom stereocenters. The molecule has 0 unspecified atom stereocenters. The van der Waals surface area contributed by atoms with E-state index in [1.807, 2.05) is 10.7 Å². The second kappa shape index (κ2) is 9.17. The molecule has 0 aliphatic carbocycles. The molecule has 2 fully saturated rings. The van der Waals surface area contributed by atoms with Crippen molar-refractivity contribution in [3.8, 4) is 22.5 Å². The van der Waals surface area contributed by atoms with Crippen molar-refractivity contribution in [2.75, 3.05) is 45.3 Å². The van der Waals surface area contributed by atoms with Crippen LogP contribution in [0.4, 0.5) is 5.82 Å². The lowest BCUT2D eigenvalue weighted by molar-refractivity contribution is 0.0342. The van der Waals surface area contributed by atoms with Crippen LogP contribution in [-0.2, 0) is 16.0 Å². The highest BCUT2D eigenvalue weighted by Gasteiger charge is 2.24. The van der Waals surface area contributed by atoms with Gasteiger partial charge in [-0.1, -0.05) is 18.2 Å². The van der Waals surface area contributed by atoms with E-state index in [0.717, 1.165) is 86.9 Å². The van der Waals surface area contributed by atoms with E-state index < -0.39 is 0 Å². The highest BCUT2D eigenvalue weighted by Crippen LogP contribution is 2.36. The first-order valence-corrected chi connectivity index (χ1v) is 11.9. The Morgan fingerprint density at radius 1 is 0.941 bits per heavy atom. The minimum absolute atomic E-state index is 0.305. The second-order valence-corrected chi connectivity index (χ2v) is 8.94. The average molecular weight is 460 g/mol. The van der Waals surface area contributed by atoms with Gasteiger partial charge in [0.15, 0.2) is 5.82 Å². The van der Waals surface area contributed by atoms with Crippen molar-refractivity contribution in [3.63, 3.8) is 0 Å². The SMILES string of the molecule is Nc1ncnn2c(-c3cccc(CN4CCOCC4)c3)cc(-c3ccnn3C3CCOCC3)c12. The lowest BCUT2D eigenvalue weighted by Gasteiger charge is -2.26. The highest BCUT2D eigenvalue weighted by molar-refractivity contribution is 5.90. The molecular weight excluding hydrogens is 430 g/mol. The summed E-state index contributed by atoms with van der Waals surface area (Å²) in [5.41, 5.74) is 12.6. The molecule has 34 heavy (non-hydrogen) atoms. The molecule has 9 nitrogen and oxygen atoms in total. The lowest BCUT2D eigenvalue weighted by Crippen LogP contribution is -2.35. The number of nitrogens with zero attached hydrogens (tertiary/aromatic N) is 6. The van der Waals surface area contributed by atoms with E-state index in [0.29, 0.717) is 11.9 Å². The van der Waals surface area contributed by atoms with Crippen LogP contribution in [0, 0.1) is 0 Å². The van der Waals surface area contributed by atoms with Gasteiger partial charge in [0.05, 0.1) is 30.6 Å². The molecule has 4 aromatic rings. The van der Waals surface area contributed by atoms with Crippen molar-refractivity contribution >= 4 is 11.3 Å². The quantitative estimate of drug-likeness (QED) is 0.490. The summed E-state index contributed by atoms with van der Waals surface area (Å²) in [5, 5.41) is 9.25. The van der Waals surface area contributed by atoms with Gasteiger partial charge in [-0.3, -0.25) is 9.58 Å². The van der Waals surface area contributed by atoms with Gasteiger partial charge < -0.3 is 15.2 Å². The molecule has 1 aromatic carbocycles. The fourth-order valence-electron chi connectivity index (χ4n) is 5.06. The first-order valence-electron chi connectivity index (χ1n) is 11.9. The normalized spacial score (nSPS) is 18.0. The van der Waals surface area contributed by atoms with Crippen molar-refractivity contribution in [1.82, 2.24) is 29.3 Å². The van der Waals surface area contributed by atoms with E-state index in [9.17, 15) is 0 Å². The Hall–Kier alpha value is -3.27. The average Bonchev–Trinajstić information content (AvgIpc) is 3.51. The number of hydrogen-bond donors (Lipinski definition) is 1. The zero-order chi connectivity index (χ0) is 22.9. The zero-order valence-corrected chi connectivity index (χ0v) is 19.1. The maximum atomic E-state index is 6.40. The van der Waals surface area contributed by atoms with E-state index in [-0.39, 0.29) is 0 Å². The Morgan fingerprint density at radius 2 is 1.76 bits per heavy atom. The van der Waals surface area contributed by atoms with Gasteiger partial charge in [-0.25, -0.2) is 9.50 Å². The number of aromatic nitrogens is 5. The van der Waals surface area contributed by atoms with Crippen molar-refractivity contribution in [2.45, 2.75) is 25.4 Å². The van der Waals surface area contributed by atoms with Crippen LogP contribution in [0.2, 0.25) is 0 Å². The topological polar surface area (TPSA) is 95.7 Å². The monoisotopic (exact) mass is 459 g/mol. The van der Waals surface area contributed by atoms with Crippen molar-refractivity contribution in [1.29, 1.82) is 0 Å². The van der Waals surface area contributed by atoms with E-state index in [1.165, 1.54) is 11.9 Å². The number of morpholine rings is 1. The molecule has 0 radical (unpaired) electrons. The standard InChI is InChI=1S/C25H29N7O2/c26-25-24-21(22-4-7-28-31(22)20-5-10-33-11-6-20)15-23(32(24)29-17-27-25)19-3-1-2-18(14-19)16-30-8-12-34-13-9-30/h1-4,7,14-15,17,20H,5-6,8-13,16H2,(H2,26,27,29). The minimum atomic E-state index is 0.305. The molecule has 2 aliphatic heterocycles. The molecule has 0 spiro atoms. The van der Waals surface area contributed by atoms with E-state index in [1.54, 1.807) is 0 Å². The number of benzene rings is 1. The number of fused-ring (bicyclic) bond motifs is 1. The molecule has 9 heteroatoms. The van der Waals surface area contributed by atoms with Crippen molar-refractivity contribution < 1.29 is 9.47 Å². The molecule has 0 bridgehead atoms. The Labute approximate surface area is 198 Å². The predicted octanol–water partition coefficient (Wildman–Crippen LogP) is 3.03. The van der Waals surface area contributed by atoms with Crippen molar-refractivity contribution in [2.24, 2.45) is 0 Å². The number of nitrogens with two attached hydrogens (primary N) is 1. The Kier molecular flexibility index (Phi) is 5.74. The summed E-state index contributed by atoms with van der Waals surface area (Å²) in [6.45, 7) is 5.93. The number of hydrogen-bond acceptors (Lipinski definition) is 7. The molecule has 2 N–H and O–H groups in total. The Morgan fingerprint density at radius 3 is 2.62 bits per heavy atom. The maximum absolute atomic E-state index is 6.40. The number of anilines is 1. The van der Waals surface area contributed by atoms with Crippen LogP contribution in [0.5, 0.6) is 0 Å². The molecule has 2 saturated heterocycles. The predicted molar refractivity (Wildman–Crippen MR) is 129 cm³/mol. The summed E-state index contributed by atoms with van der Waals surface area (Å²) in [4.78, 5) is 6.73. The Bertz CT molecular complexity index is 1290. The van der Waals surface area contributed by atoms with E-state index in [4.69, 9.17) is 15.2 Å². The molecule has 6 rings (SSSR count). The minimum Gasteiger partial charge on any atom is -0.382 e. The summed E-state index contributed by atoms with van der Waals surface area (Å²) < 4.78 is 15.1. The molecule has 0 amide bonds. The van der Waals surface area contributed by atoms with Crippen LogP contribution in [-0.4, -0.2) is 68.8 Å². The summed E-state index contributed by atoms with van der Waals surface area (Å²) >= 11 is 0. The highest BCUT2D eigenvalue weighted by atomic mass is 16.5. The van der Waals surface area contributed by atoms with Gasteiger partial charge in [0.25, 0.3) is 0 Å². The molecule has 0 saturated carbocycles. The van der Waals surface area contributed by atoms with Gasteiger partial charge in [-0.2, -0.15) is 10.2 Å². The molecular formula is C25H29N7O2. The van der Waals surface area contributed by atoms with Gasteiger partial charge in [0.1, 0.15) is 11.8 Å². The van der Waals surface area contributed by atoms with Crippen LogP contribution in [0.25, 0.3) is 28.0 Å². The van der Waals surface area contributed by atoms with Gasteiger partial charge in [-0.15, -0.1) is 0 Å². The largest absolute Gasteiger partial charge is 0.382 e. The van der Waals surface area contributed by atoms with Crippen molar-refractivity contribution in [3.05, 3.63) is 54.5 Å². The van der Waals surface area contributed by atoms with Gasteiger partial charge >= 0.3 is 0 Å². The van der Waals surface area contributed by atoms with Crippen LogP contribution in [0.15, 0.2) is 48.9 Å². The number of nitrogen functional groups attached to an aromatic ring is 1. The first kappa shape index (κ1) is 21.3. The third-order valence-corrected chi connectivity index (χ3v) is 6.80. The van der Waals surface area contributed by atoms with E-state index in [2.05, 4.69) is 61.2 Å². The smallest absolute Gasteiger partial charge is 0.152 e. The number of rotatable bonds is 5. The van der Waals surface area contributed by atoms with Gasteiger partial charge in [0.2, 0.25) is 0 Å². The summed E-state index contributed by atoms with van der Waals surface area (Å²) in [7, 11) is 0. The zero-order valence-electron chi connectivity index (χ0n) is 19.1. The first-order chi connectivity index (χ1) is 16.8. The van der Waals surface area contributed by atoms with E-state index >= 15 is 0 Å². The van der Waals surface area contributed by atoms with Crippen LogP contribution in [0.1, 0.15) is 24.4 Å². The summed E-state index contributed by atoms with van der Waals surface area (Å²) in [6, 6.07) is 13.2. The third kappa shape index (κ3) is 3.96. The lowest BCUT2D eigenvalue weighted by atomic mass is 10.1.